The zero-order valence-electron chi connectivity index (χ0n) is 18.4. The van der Waals surface area contributed by atoms with Crippen LogP contribution in [0.2, 0.25) is 0 Å². The highest BCUT2D eigenvalue weighted by Gasteiger charge is 2.30. The van der Waals surface area contributed by atoms with Gasteiger partial charge in [0.05, 0.1) is 17.6 Å². The predicted molar refractivity (Wildman–Crippen MR) is 128 cm³/mol. The lowest BCUT2D eigenvalue weighted by Crippen LogP contribution is -2.33. The summed E-state index contributed by atoms with van der Waals surface area (Å²) in [7, 11) is -3.69. The minimum Gasteiger partial charge on any atom is -0.348 e. The summed E-state index contributed by atoms with van der Waals surface area (Å²) in [6.45, 7) is 6.49. The molecule has 3 rings (SSSR count). The summed E-state index contributed by atoms with van der Waals surface area (Å²) >= 11 is 5.52. The topological polar surface area (TPSA) is 91.4 Å². The molecule has 0 spiro atoms. The number of benzene rings is 1. The number of aryl methyl sites for hydroxylation is 1. The number of aromatic nitrogens is 1. The minimum atomic E-state index is -3.69. The molecule has 2 aromatic rings. The average Bonchev–Trinajstić information content (AvgIpc) is 3.04. The van der Waals surface area contributed by atoms with E-state index in [1.807, 2.05) is 45.0 Å². The van der Waals surface area contributed by atoms with Crippen molar-refractivity contribution >= 4 is 39.0 Å². The number of carbonyl (C=O) groups is 1. The van der Waals surface area contributed by atoms with Crippen molar-refractivity contribution in [1.29, 1.82) is 0 Å². The number of nitrogens with zero attached hydrogens (tertiary/aromatic N) is 2. The molecule has 1 aromatic carbocycles. The maximum Gasteiger partial charge on any atom is 0.283 e. The zero-order valence-corrected chi connectivity index (χ0v) is 20.0. The fraction of sp³-hybridized carbons (Fsp3) is 0.391. The second-order valence-electron chi connectivity index (χ2n) is 7.85. The van der Waals surface area contributed by atoms with Crippen molar-refractivity contribution in [2.24, 2.45) is 0 Å². The first-order chi connectivity index (χ1) is 15.2. The molecule has 0 fully saturated rings. The summed E-state index contributed by atoms with van der Waals surface area (Å²) < 4.78 is 26.5. The van der Waals surface area contributed by atoms with E-state index in [0.29, 0.717) is 18.8 Å². The van der Waals surface area contributed by atoms with E-state index in [0.717, 1.165) is 35.2 Å². The highest BCUT2D eigenvalue weighted by Crippen LogP contribution is 2.37. The monoisotopic (exact) mass is 474 g/mol. The molecule has 1 aromatic heterocycles. The maximum atomic E-state index is 12.6. The summed E-state index contributed by atoms with van der Waals surface area (Å²) in [4.78, 5) is 19.1. The fourth-order valence-electron chi connectivity index (χ4n) is 3.72. The van der Waals surface area contributed by atoms with Crippen molar-refractivity contribution < 1.29 is 13.2 Å². The Morgan fingerprint density at radius 1 is 1.31 bits per heavy atom. The van der Waals surface area contributed by atoms with Crippen LogP contribution >= 0.6 is 11.6 Å². The van der Waals surface area contributed by atoms with Crippen molar-refractivity contribution in [2.75, 3.05) is 16.0 Å². The molecule has 0 aliphatic carbocycles. The van der Waals surface area contributed by atoms with Crippen LogP contribution in [0.3, 0.4) is 0 Å². The molecule has 1 aliphatic rings. The van der Waals surface area contributed by atoms with Crippen LogP contribution in [0.4, 0.5) is 11.5 Å². The number of amides is 1. The van der Waals surface area contributed by atoms with Crippen LogP contribution in [-0.2, 0) is 16.6 Å². The van der Waals surface area contributed by atoms with E-state index in [4.69, 9.17) is 11.6 Å². The number of pyridine rings is 1. The molecular weight excluding hydrogens is 448 g/mol. The first kappa shape index (κ1) is 23.9. The summed E-state index contributed by atoms with van der Waals surface area (Å²) in [6, 6.07) is 9.44. The van der Waals surface area contributed by atoms with Gasteiger partial charge >= 0.3 is 0 Å². The van der Waals surface area contributed by atoms with Gasteiger partial charge in [-0.25, -0.2) is 18.1 Å². The van der Waals surface area contributed by atoms with E-state index in [-0.39, 0.29) is 17.6 Å². The SMILES string of the molecule is CCCCCS(=O)(=O)NC(=O)c1cc(C)c2c(n1)NC(C)N2Cc1cccc(C#CCl)c1. The highest BCUT2D eigenvalue weighted by atomic mass is 35.5. The maximum absolute atomic E-state index is 12.6. The first-order valence-corrected chi connectivity index (χ1v) is 12.6. The summed E-state index contributed by atoms with van der Waals surface area (Å²) in [5, 5.41) is 5.68. The number of hydrogen-bond acceptors (Lipinski definition) is 6. The molecule has 32 heavy (non-hydrogen) atoms. The van der Waals surface area contributed by atoms with Gasteiger partial charge in [0.15, 0.2) is 5.82 Å². The van der Waals surface area contributed by atoms with Gasteiger partial charge in [-0.1, -0.05) is 31.9 Å². The molecule has 9 heteroatoms. The third-order valence-corrected chi connectivity index (χ3v) is 6.67. The molecular formula is C23H27ClN4O3S. The van der Waals surface area contributed by atoms with Gasteiger partial charge in [0.1, 0.15) is 5.69 Å². The molecule has 1 unspecified atom stereocenters. The number of halogens is 1. The van der Waals surface area contributed by atoms with E-state index >= 15 is 0 Å². The Hall–Kier alpha value is -2.76. The highest BCUT2D eigenvalue weighted by molar-refractivity contribution is 7.90. The Bertz CT molecular complexity index is 1170. The number of unbranched alkanes of at least 4 members (excludes halogenated alkanes) is 2. The number of anilines is 2. The summed E-state index contributed by atoms with van der Waals surface area (Å²) in [5.74, 6) is 2.61. The lowest BCUT2D eigenvalue weighted by molar-refractivity contribution is 0.0976. The lowest BCUT2D eigenvalue weighted by atomic mass is 10.1. The minimum absolute atomic E-state index is 0.0601. The molecule has 2 heterocycles. The van der Waals surface area contributed by atoms with Crippen molar-refractivity contribution in [3.63, 3.8) is 0 Å². The van der Waals surface area contributed by atoms with Crippen LogP contribution in [0, 0.1) is 18.2 Å². The van der Waals surface area contributed by atoms with Crippen LogP contribution in [0.1, 0.15) is 60.3 Å². The van der Waals surface area contributed by atoms with Crippen LogP contribution in [0.5, 0.6) is 0 Å². The van der Waals surface area contributed by atoms with Crippen LogP contribution in [-0.4, -0.2) is 31.2 Å². The van der Waals surface area contributed by atoms with E-state index in [9.17, 15) is 13.2 Å². The summed E-state index contributed by atoms with van der Waals surface area (Å²) in [6.07, 6.45) is 2.15. The lowest BCUT2D eigenvalue weighted by Gasteiger charge is -2.25. The Kier molecular flexibility index (Phi) is 7.64. The number of carbonyl (C=O) groups excluding carboxylic acids is 1. The number of rotatable bonds is 8. The fourth-order valence-corrected chi connectivity index (χ4v) is 4.90. The van der Waals surface area contributed by atoms with E-state index in [2.05, 4.69) is 31.2 Å². The Balaban J connectivity index is 1.80. The van der Waals surface area contributed by atoms with Gasteiger partial charge in [-0.2, -0.15) is 0 Å². The van der Waals surface area contributed by atoms with Gasteiger partial charge in [0.2, 0.25) is 10.0 Å². The largest absolute Gasteiger partial charge is 0.348 e. The standard InChI is InChI=1S/C23H27ClN4O3S/c1-4-5-6-12-32(30,31)27-23(29)20-13-16(2)21-22(26-20)25-17(3)28(21)15-19-9-7-8-18(14-19)10-11-24/h7-9,13-14,17H,4-6,12,15H2,1-3H3,(H,25,26)(H,27,29). The van der Waals surface area contributed by atoms with E-state index in [1.165, 1.54) is 0 Å². The number of nitrogens with one attached hydrogen (secondary N) is 2. The smallest absolute Gasteiger partial charge is 0.283 e. The van der Waals surface area contributed by atoms with E-state index in [1.54, 1.807) is 6.07 Å². The second-order valence-corrected chi connectivity index (χ2v) is 9.88. The quantitative estimate of drug-likeness (QED) is 0.444. The van der Waals surface area contributed by atoms with Crippen molar-refractivity contribution in [3.05, 3.63) is 52.7 Å². The first-order valence-electron chi connectivity index (χ1n) is 10.5. The molecule has 170 valence electrons. The molecule has 0 bridgehead atoms. The third-order valence-electron chi connectivity index (χ3n) is 5.25. The van der Waals surface area contributed by atoms with Gasteiger partial charge in [-0.3, -0.25) is 4.79 Å². The van der Waals surface area contributed by atoms with Crippen LogP contribution in [0.25, 0.3) is 0 Å². The molecule has 1 atom stereocenters. The number of hydrogen-bond donors (Lipinski definition) is 2. The molecule has 1 aliphatic heterocycles. The molecule has 7 nitrogen and oxygen atoms in total. The molecule has 1 amide bonds. The Morgan fingerprint density at radius 3 is 2.81 bits per heavy atom. The zero-order chi connectivity index (χ0) is 23.3. The van der Waals surface area contributed by atoms with Gasteiger partial charge in [-0.05, 0) is 67.1 Å². The van der Waals surface area contributed by atoms with Crippen molar-refractivity contribution in [2.45, 2.75) is 52.7 Å². The average molecular weight is 475 g/mol. The van der Waals surface area contributed by atoms with Gasteiger partial charge in [0.25, 0.3) is 5.91 Å². The third kappa shape index (κ3) is 5.72. The molecule has 0 saturated carbocycles. The number of sulfonamides is 1. The normalized spacial score (nSPS) is 14.9. The molecule has 0 radical (unpaired) electrons. The Morgan fingerprint density at radius 2 is 2.09 bits per heavy atom. The van der Waals surface area contributed by atoms with Gasteiger partial charge in [0, 0.05) is 17.5 Å². The summed E-state index contributed by atoms with van der Waals surface area (Å²) in [5.41, 5.74) is 3.68. The predicted octanol–water partition coefficient (Wildman–Crippen LogP) is 3.97. The molecule has 2 N–H and O–H groups in total. The second kappa shape index (κ2) is 10.2. The van der Waals surface area contributed by atoms with Crippen molar-refractivity contribution in [1.82, 2.24) is 9.71 Å². The van der Waals surface area contributed by atoms with Gasteiger partial charge < -0.3 is 10.2 Å². The number of fused-ring (bicyclic) bond motifs is 1. The van der Waals surface area contributed by atoms with Crippen molar-refractivity contribution in [3.8, 4) is 11.3 Å². The van der Waals surface area contributed by atoms with Crippen LogP contribution in [0.15, 0.2) is 30.3 Å². The van der Waals surface area contributed by atoms with E-state index < -0.39 is 15.9 Å². The Labute approximate surface area is 194 Å². The van der Waals surface area contributed by atoms with Crippen LogP contribution < -0.4 is 14.9 Å². The van der Waals surface area contributed by atoms with Gasteiger partial charge in [-0.15, -0.1) is 0 Å². The molecule has 0 saturated heterocycles.